The van der Waals surface area contributed by atoms with Gasteiger partial charge in [0.1, 0.15) is 11.8 Å². The van der Waals surface area contributed by atoms with Crippen molar-refractivity contribution in [3.8, 4) is 5.75 Å². The van der Waals surface area contributed by atoms with Gasteiger partial charge in [0, 0.05) is 31.9 Å². The van der Waals surface area contributed by atoms with E-state index in [0.717, 1.165) is 11.9 Å². The standard InChI is InChI=1S/C22H29N3O4S/c1-4-21(25(30(3,27)28)19-10-12-20(29-2)13-11-19)22(26)24-16-14-23(15-17-24)18-8-6-5-7-9-18/h5-13,21H,4,14-17H2,1-3H3. The molecule has 30 heavy (non-hydrogen) atoms. The van der Waals surface area contributed by atoms with Gasteiger partial charge in [-0.1, -0.05) is 25.1 Å². The summed E-state index contributed by atoms with van der Waals surface area (Å²) in [6, 6.07) is 16.0. The first-order valence-electron chi connectivity index (χ1n) is 10.1. The van der Waals surface area contributed by atoms with Crippen LogP contribution in [0, 0.1) is 0 Å². The molecule has 0 N–H and O–H groups in total. The van der Waals surface area contributed by atoms with Crippen LogP contribution in [0.3, 0.4) is 0 Å². The van der Waals surface area contributed by atoms with Gasteiger partial charge in [-0.3, -0.25) is 9.10 Å². The van der Waals surface area contributed by atoms with Crippen LogP contribution in [-0.2, 0) is 14.8 Å². The zero-order valence-electron chi connectivity index (χ0n) is 17.7. The zero-order chi connectivity index (χ0) is 21.7. The van der Waals surface area contributed by atoms with Gasteiger partial charge in [-0.25, -0.2) is 8.42 Å². The molecular formula is C22H29N3O4S. The van der Waals surface area contributed by atoms with Crippen molar-refractivity contribution in [2.75, 3.05) is 48.7 Å². The molecule has 0 aromatic heterocycles. The number of amides is 1. The van der Waals surface area contributed by atoms with Crippen LogP contribution in [0.5, 0.6) is 5.75 Å². The lowest BCUT2D eigenvalue weighted by atomic mass is 10.1. The highest BCUT2D eigenvalue weighted by Crippen LogP contribution is 2.26. The molecule has 2 aromatic carbocycles. The highest BCUT2D eigenvalue weighted by molar-refractivity contribution is 7.92. The van der Waals surface area contributed by atoms with Gasteiger partial charge in [-0.15, -0.1) is 0 Å². The van der Waals surface area contributed by atoms with E-state index in [-0.39, 0.29) is 5.91 Å². The third-order valence-electron chi connectivity index (χ3n) is 5.35. The zero-order valence-corrected chi connectivity index (χ0v) is 18.5. The number of para-hydroxylation sites is 1. The fourth-order valence-corrected chi connectivity index (χ4v) is 5.01. The molecule has 0 spiro atoms. The summed E-state index contributed by atoms with van der Waals surface area (Å²) in [6.45, 7) is 4.39. The lowest BCUT2D eigenvalue weighted by Gasteiger charge is -2.39. The molecule has 0 saturated carbocycles. The van der Waals surface area contributed by atoms with Gasteiger partial charge in [-0.2, -0.15) is 0 Å². The first-order chi connectivity index (χ1) is 14.3. The molecule has 0 aliphatic carbocycles. The molecule has 0 radical (unpaired) electrons. The lowest BCUT2D eigenvalue weighted by Crippen LogP contribution is -2.56. The Bertz CT molecular complexity index is 940. The molecule has 1 heterocycles. The summed E-state index contributed by atoms with van der Waals surface area (Å²) in [7, 11) is -2.10. The number of methoxy groups -OCH3 is 1. The first-order valence-corrected chi connectivity index (χ1v) is 11.9. The highest BCUT2D eigenvalue weighted by Gasteiger charge is 2.35. The molecule has 162 valence electrons. The minimum absolute atomic E-state index is 0.161. The van der Waals surface area contributed by atoms with E-state index in [1.165, 1.54) is 4.31 Å². The molecule has 1 atom stereocenters. The number of sulfonamides is 1. The van der Waals surface area contributed by atoms with Crippen LogP contribution in [0.1, 0.15) is 13.3 Å². The van der Waals surface area contributed by atoms with Gasteiger partial charge in [0.25, 0.3) is 0 Å². The van der Waals surface area contributed by atoms with Crippen molar-refractivity contribution in [3.05, 3.63) is 54.6 Å². The fraction of sp³-hybridized carbons (Fsp3) is 0.409. The Labute approximate surface area is 178 Å². The molecule has 1 saturated heterocycles. The molecule has 8 heteroatoms. The van der Waals surface area contributed by atoms with E-state index in [1.807, 2.05) is 25.1 Å². The largest absolute Gasteiger partial charge is 0.497 e. The van der Waals surface area contributed by atoms with Crippen LogP contribution in [0.25, 0.3) is 0 Å². The quantitative estimate of drug-likeness (QED) is 0.674. The third kappa shape index (κ3) is 4.87. The number of ether oxygens (including phenoxy) is 1. The van der Waals surface area contributed by atoms with Crippen LogP contribution in [0.2, 0.25) is 0 Å². The Kier molecular flexibility index (Phi) is 6.87. The van der Waals surface area contributed by atoms with E-state index in [4.69, 9.17) is 4.74 Å². The fourth-order valence-electron chi connectivity index (χ4n) is 3.81. The van der Waals surface area contributed by atoms with Crippen LogP contribution in [0.15, 0.2) is 54.6 Å². The molecular weight excluding hydrogens is 402 g/mol. The summed E-state index contributed by atoms with van der Waals surface area (Å²) in [5.41, 5.74) is 1.59. The number of rotatable bonds is 7. The molecule has 2 aromatic rings. The van der Waals surface area contributed by atoms with Gasteiger partial charge in [-0.05, 0) is 42.8 Å². The minimum atomic E-state index is -3.65. The van der Waals surface area contributed by atoms with Crippen molar-refractivity contribution in [3.63, 3.8) is 0 Å². The minimum Gasteiger partial charge on any atom is -0.497 e. The van der Waals surface area contributed by atoms with Gasteiger partial charge >= 0.3 is 0 Å². The van der Waals surface area contributed by atoms with E-state index < -0.39 is 16.1 Å². The predicted octanol–water partition coefficient (Wildman–Crippen LogP) is 2.59. The Hall–Kier alpha value is -2.74. The smallest absolute Gasteiger partial charge is 0.246 e. The second kappa shape index (κ2) is 9.38. The van der Waals surface area contributed by atoms with Gasteiger partial charge in [0.15, 0.2) is 0 Å². The Morgan fingerprint density at radius 3 is 2.13 bits per heavy atom. The average molecular weight is 432 g/mol. The Morgan fingerprint density at radius 1 is 1.03 bits per heavy atom. The molecule has 1 aliphatic heterocycles. The first kappa shape index (κ1) is 22.0. The van der Waals surface area contributed by atoms with Crippen molar-refractivity contribution in [1.29, 1.82) is 0 Å². The summed E-state index contributed by atoms with van der Waals surface area (Å²) >= 11 is 0. The number of hydrogen-bond donors (Lipinski definition) is 0. The third-order valence-corrected chi connectivity index (χ3v) is 6.53. The van der Waals surface area contributed by atoms with Crippen molar-refractivity contribution >= 4 is 27.3 Å². The SMILES string of the molecule is CCC(C(=O)N1CCN(c2ccccc2)CC1)N(c1ccc(OC)cc1)S(C)(=O)=O. The number of hydrogen-bond acceptors (Lipinski definition) is 5. The normalized spacial score (nSPS) is 15.6. The van der Waals surface area contributed by atoms with E-state index >= 15 is 0 Å². The lowest BCUT2D eigenvalue weighted by molar-refractivity contribution is -0.132. The molecule has 0 bridgehead atoms. The summed E-state index contributed by atoms with van der Waals surface area (Å²) in [6.07, 6.45) is 1.53. The highest BCUT2D eigenvalue weighted by atomic mass is 32.2. The monoisotopic (exact) mass is 431 g/mol. The Morgan fingerprint density at radius 2 is 1.63 bits per heavy atom. The number of benzene rings is 2. The van der Waals surface area contributed by atoms with E-state index in [0.29, 0.717) is 44.0 Å². The average Bonchev–Trinajstić information content (AvgIpc) is 2.77. The van der Waals surface area contributed by atoms with E-state index in [1.54, 1.807) is 36.3 Å². The molecule has 3 rings (SSSR count). The summed E-state index contributed by atoms with van der Waals surface area (Å²) in [5.74, 6) is 0.468. The van der Waals surface area contributed by atoms with Crippen molar-refractivity contribution in [2.45, 2.75) is 19.4 Å². The van der Waals surface area contributed by atoms with E-state index in [9.17, 15) is 13.2 Å². The molecule has 1 aliphatic rings. The van der Waals surface area contributed by atoms with Gasteiger partial charge in [0.2, 0.25) is 15.9 Å². The second-order valence-corrected chi connectivity index (χ2v) is 9.19. The van der Waals surface area contributed by atoms with Crippen molar-refractivity contribution in [1.82, 2.24) is 4.90 Å². The van der Waals surface area contributed by atoms with Crippen molar-refractivity contribution in [2.24, 2.45) is 0 Å². The topological polar surface area (TPSA) is 70.2 Å². The van der Waals surface area contributed by atoms with Gasteiger partial charge in [0.05, 0.1) is 19.1 Å². The maximum atomic E-state index is 13.3. The Balaban J connectivity index is 1.77. The van der Waals surface area contributed by atoms with Crippen LogP contribution < -0.4 is 13.9 Å². The molecule has 7 nitrogen and oxygen atoms in total. The number of carbonyl (C=O) groups is 1. The maximum absolute atomic E-state index is 13.3. The van der Waals surface area contributed by atoms with Crippen molar-refractivity contribution < 1.29 is 17.9 Å². The maximum Gasteiger partial charge on any atom is 0.246 e. The molecule has 1 fully saturated rings. The molecule has 1 unspecified atom stereocenters. The van der Waals surface area contributed by atoms with E-state index in [2.05, 4.69) is 17.0 Å². The summed E-state index contributed by atoms with van der Waals surface area (Å²) in [5, 5.41) is 0. The number of piperazine rings is 1. The summed E-state index contributed by atoms with van der Waals surface area (Å²) in [4.78, 5) is 17.3. The van der Waals surface area contributed by atoms with Crippen LogP contribution in [0.4, 0.5) is 11.4 Å². The van der Waals surface area contributed by atoms with Gasteiger partial charge < -0.3 is 14.5 Å². The summed E-state index contributed by atoms with van der Waals surface area (Å²) < 4.78 is 31.7. The second-order valence-electron chi connectivity index (χ2n) is 7.33. The van der Waals surface area contributed by atoms with Crippen LogP contribution in [-0.4, -0.2) is 64.8 Å². The molecule has 1 amide bonds. The number of carbonyl (C=O) groups excluding carboxylic acids is 1. The number of anilines is 2. The predicted molar refractivity (Wildman–Crippen MR) is 120 cm³/mol. The number of nitrogens with zero attached hydrogens (tertiary/aromatic N) is 3. The van der Waals surface area contributed by atoms with Crippen LogP contribution >= 0.6 is 0 Å².